The number of hydrogen-bond acceptors (Lipinski definition) is 4. The fourth-order valence-electron chi connectivity index (χ4n) is 2.40. The minimum Gasteiger partial charge on any atom is -0.417 e. The smallest absolute Gasteiger partial charge is 0.388 e. The quantitative estimate of drug-likeness (QED) is 0.709. The molecular formula is C14H17F4N3O3. The average Bonchev–Trinajstić information content (AvgIpc) is 2.47. The van der Waals surface area contributed by atoms with Crippen LogP contribution in [0.3, 0.4) is 0 Å². The van der Waals surface area contributed by atoms with Crippen molar-refractivity contribution >= 4 is 6.03 Å². The molecule has 3 N–H and O–H groups in total. The summed E-state index contributed by atoms with van der Waals surface area (Å²) in [6.07, 6.45) is -1.22. The molecule has 1 heterocycles. The van der Waals surface area contributed by atoms with E-state index >= 15 is 0 Å². The molecule has 2 rings (SSSR count). The number of urea groups is 1. The maximum absolute atomic E-state index is 13.1. The second-order valence-electron chi connectivity index (χ2n) is 5.48. The predicted molar refractivity (Wildman–Crippen MR) is 74.8 cm³/mol. The zero-order valence-electron chi connectivity index (χ0n) is 12.5. The molecule has 134 valence electrons. The molecule has 0 spiro atoms. The van der Waals surface area contributed by atoms with Gasteiger partial charge in [0.05, 0.1) is 12.1 Å². The number of nitrogens with one attached hydrogen (secondary N) is 2. The fraction of sp³-hybridized carbons (Fsp3) is 0.571. The van der Waals surface area contributed by atoms with E-state index in [1.165, 1.54) is 18.3 Å². The minimum absolute atomic E-state index is 0.00702. The van der Waals surface area contributed by atoms with E-state index in [2.05, 4.69) is 20.4 Å². The zero-order valence-corrected chi connectivity index (χ0v) is 12.5. The molecule has 0 aliphatic heterocycles. The van der Waals surface area contributed by atoms with Gasteiger partial charge in [-0.1, -0.05) is 0 Å². The van der Waals surface area contributed by atoms with Gasteiger partial charge in [-0.2, -0.15) is 8.78 Å². The Labute approximate surface area is 135 Å². The van der Waals surface area contributed by atoms with Crippen molar-refractivity contribution in [3.05, 3.63) is 23.9 Å². The molecule has 24 heavy (non-hydrogen) atoms. The molecule has 0 aromatic carbocycles. The molecule has 0 saturated heterocycles. The van der Waals surface area contributed by atoms with E-state index in [9.17, 15) is 27.5 Å². The Morgan fingerprint density at radius 2 is 2.25 bits per heavy atom. The normalized spacial score (nSPS) is 22.9. The summed E-state index contributed by atoms with van der Waals surface area (Å²) >= 11 is 0. The second kappa shape index (κ2) is 7.65. The van der Waals surface area contributed by atoms with Crippen molar-refractivity contribution < 1.29 is 32.2 Å². The van der Waals surface area contributed by atoms with Gasteiger partial charge in [-0.15, -0.1) is 0 Å². The topological polar surface area (TPSA) is 83.5 Å². The highest BCUT2D eigenvalue weighted by Crippen LogP contribution is 2.33. The molecule has 2 amide bonds. The molecule has 1 fully saturated rings. The van der Waals surface area contributed by atoms with Gasteiger partial charge in [-0.3, -0.25) is 0 Å². The summed E-state index contributed by atoms with van der Waals surface area (Å²) in [5, 5.41) is 14.5. The molecule has 6 nitrogen and oxygen atoms in total. The summed E-state index contributed by atoms with van der Waals surface area (Å²) < 4.78 is 54.5. The van der Waals surface area contributed by atoms with Crippen molar-refractivity contribution in [1.29, 1.82) is 0 Å². The van der Waals surface area contributed by atoms with E-state index in [-0.39, 0.29) is 18.8 Å². The maximum atomic E-state index is 13.1. The first-order valence-corrected chi connectivity index (χ1v) is 7.25. The number of aromatic nitrogens is 1. The Kier molecular flexibility index (Phi) is 5.81. The second-order valence-corrected chi connectivity index (χ2v) is 5.48. The Morgan fingerprint density at radius 3 is 2.92 bits per heavy atom. The van der Waals surface area contributed by atoms with Crippen molar-refractivity contribution in [3.8, 4) is 5.88 Å². The standard InChI is InChI=1S/C14H17F4N3O3/c15-12(16)24-11-5-8(2-4-19-11)7-20-13(23)21-9-1-3-14(17,18)6-10(9)22/h2,4-5,9-10,12,22H,1,3,6-7H2,(H2,20,21,23). The number of halogens is 4. The summed E-state index contributed by atoms with van der Waals surface area (Å²) in [5.41, 5.74) is 0.464. The molecule has 2 unspecified atom stereocenters. The van der Waals surface area contributed by atoms with Crippen molar-refractivity contribution in [2.75, 3.05) is 0 Å². The van der Waals surface area contributed by atoms with Crippen LogP contribution in [0, 0.1) is 0 Å². The van der Waals surface area contributed by atoms with Gasteiger partial charge in [0, 0.05) is 31.6 Å². The third-order valence-electron chi connectivity index (χ3n) is 3.57. The number of aliphatic hydroxyl groups is 1. The van der Waals surface area contributed by atoms with Crippen molar-refractivity contribution in [2.24, 2.45) is 0 Å². The highest BCUT2D eigenvalue weighted by atomic mass is 19.3. The van der Waals surface area contributed by atoms with Crippen molar-refractivity contribution in [1.82, 2.24) is 15.6 Å². The summed E-state index contributed by atoms with van der Waals surface area (Å²) in [5.74, 6) is -3.21. The van der Waals surface area contributed by atoms with Crippen LogP contribution in [0.2, 0.25) is 0 Å². The monoisotopic (exact) mass is 351 g/mol. The number of rotatable bonds is 5. The van der Waals surface area contributed by atoms with Gasteiger partial charge in [0.15, 0.2) is 0 Å². The molecule has 1 aliphatic carbocycles. The van der Waals surface area contributed by atoms with Crippen LogP contribution in [-0.4, -0.2) is 40.8 Å². The Hall–Kier alpha value is -2.10. The van der Waals surface area contributed by atoms with Crippen LogP contribution in [0.5, 0.6) is 5.88 Å². The van der Waals surface area contributed by atoms with Crippen LogP contribution < -0.4 is 15.4 Å². The number of hydrogen-bond donors (Lipinski definition) is 3. The number of pyridine rings is 1. The maximum Gasteiger partial charge on any atom is 0.388 e. The lowest BCUT2D eigenvalue weighted by Crippen LogP contribution is -2.52. The van der Waals surface area contributed by atoms with E-state index in [4.69, 9.17) is 0 Å². The molecule has 1 aromatic heterocycles. The van der Waals surface area contributed by atoms with Crippen molar-refractivity contribution in [2.45, 2.75) is 50.5 Å². The van der Waals surface area contributed by atoms with Crippen LogP contribution in [0.4, 0.5) is 22.4 Å². The van der Waals surface area contributed by atoms with Crippen LogP contribution in [0.25, 0.3) is 0 Å². The molecule has 1 aliphatic rings. The predicted octanol–water partition coefficient (Wildman–Crippen LogP) is 2.03. The number of carbonyl (C=O) groups is 1. The summed E-state index contributed by atoms with van der Waals surface area (Å²) in [6.45, 7) is -3.01. The number of alkyl halides is 4. The van der Waals surface area contributed by atoms with E-state index in [0.717, 1.165) is 0 Å². The lowest BCUT2D eigenvalue weighted by Gasteiger charge is -2.33. The lowest BCUT2D eigenvalue weighted by atomic mass is 9.90. The van der Waals surface area contributed by atoms with E-state index in [1.54, 1.807) is 0 Å². The van der Waals surface area contributed by atoms with Crippen molar-refractivity contribution in [3.63, 3.8) is 0 Å². The van der Waals surface area contributed by atoms with E-state index in [1.807, 2.05) is 0 Å². The number of nitrogens with zero attached hydrogens (tertiary/aromatic N) is 1. The first-order valence-electron chi connectivity index (χ1n) is 7.25. The summed E-state index contributed by atoms with van der Waals surface area (Å²) in [7, 11) is 0. The first kappa shape index (κ1) is 18.2. The Balaban J connectivity index is 1.81. The number of carbonyl (C=O) groups excluding carboxylic acids is 1. The number of aliphatic hydroxyl groups excluding tert-OH is 1. The highest BCUT2D eigenvalue weighted by molar-refractivity contribution is 5.74. The van der Waals surface area contributed by atoms with Gasteiger partial charge in [0.25, 0.3) is 5.92 Å². The molecule has 0 bridgehead atoms. The SMILES string of the molecule is O=C(NCc1ccnc(OC(F)F)c1)NC1CCC(F)(F)CC1O. The third-order valence-corrected chi connectivity index (χ3v) is 3.57. The van der Waals surface area contributed by atoms with Gasteiger partial charge >= 0.3 is 12.6 Å². The largest absolute Gasteiger partial charge is 0.417 e. The third kappa shape index (κ3) is 5.52. The molecule has 0 radical (unpaired) electrons. The van der Waals surface area contributed by atoms with E-state index in [0.29, 0.717) is 5.56 Å². The molecule has 2 atom stereocenters. The highest BCUT2D eigenvalue weighted by Gasteiger charge is 2.41. The van der Waals surface area contributed by atoms with Gasteiger partial charge in [0.1, 0.15) is 0 Å². The fourth-order valence-corrected chi connectivity index (χ4v) is 2.40. The summed E-state index contributed by atoms with van der Waals surface area (Å²) in [6, 6.07) is 1.31. The average molecular weight is 351 g/mol. The molecule has 1 saturated carbocycles. The van der Waals surface area contributed by atoms with Crippen LogP contribution in [0.1, 0.15) is 24.8 Å². The summed E-state index contributed by atoms with van der Waals surface area (Å²) in [4.78, 5) is 15.4. The van der Waals surface area contributed by atoms with Gasteiger partial charge < -0.3 is 20.5 Å². The van der Waals surface area contributed by atoms with Crippen LogP contribution in [0.15, 0.2) is 18.3 Å². The van der Waals surface area contributed by atoms with E-state index < -0.39 is 43.6 Å². The van der Waals surface area contributed by atoms with Crippen LogP contribution in [-0.2, 0) is 6.54 Å². The number of amides is 2. The van der Waals surface area contributed by atoms with Gasteiger partial charge in [-0.05, 0) is 18.1 Å². The molecule has 1 aromatic rings. The molecule has 10 heteroatoms. The minimum atomic E-state index is -3.00. The zero-order chi connectivity index (χ0) is 17.7. The number of ether oxygens (including phenoxy) is 1. The molecular weight excluding hydrogens is 334 g/mol. The van der Waals surface area contributed by atoms with Crippen LogP contribution >= 0.6 is 0 Å². The lowest BCUT2D eigenvalue weighted by molar-refractivity contribution is -0.0858. The van der Waals surface area contributed by atoms with Gasteiger partial charge in [-0.25, -0.2) is 18.6 Å². The van der Waals surface area contributed by atoms with Gasteiger partial charge in [0.2, 0.25) is 5.88 Å². The first-order chi connectivity index (χ1) is 11.2. The Morgan fingerprint density at radius 1 is 1.50 bits per heavy atom. The Bertz CT molecular complexity index is 574.